The molecule has 192 valence electrons. The highest BCUT2D eigenvalue weighted by Gasteiger charge is 2.34. The number of aliphatic hydroxyl groups excluding tert-OH is 1. The Morgan fingerprint density at radius 2 is 1.86 bits per heavy atom. The number of rotatable bonds is 6. The van der Waals surface area contributed by atoms with Crippen molar-refractivity contribution in [2.45, 2.75) is 44.4 Å². The van der Waals surface area contributed by atoms with Gasteiger partial charge in [-0.2, -0.15) is 0 Å². The number of carbonyl (C=O) groups excluding carboxylic acids is 2. The highest BCUT2D eigenvalue weighted by Crippen LogP contribution is 2.26. The summed E-state index contributed by atoms with van der Waals surface area (Å²) in [5.74, 6) is 0.0880. The monoisotopic (exact) mass is 511 g/mol. The number of aromatic amines is 1. The standard InChI is InChI=1S/C28H34N4O3.ClH/c1-19-25(33)12-16-32(19)18-20-10-14-31(15-11-20)28(35)26(22-5-3-2-4-6-22)30-27(34)23-8-7-21-9-13-29-24(21)17-23;/h2-9,13,17,19-20,25-26,29,33H,10-12,14-16,18H2,1H3,(H,30,34);1H/t19-,25?,26?;/m1./s1/i13D;. The van der Waals surface area contributed by atoms with Crippen molar-refractivity contribution < 1.29 is 16.1 Å². The van der Waals surface area contributed by atoms with Gasteiger partial charge in [0.2, 0.25) is 5.91 Å². The Labute approximate surface area is 219 Å². The number of nitrogens with zero attached hydrogens (tertiary/aromatic N) is 2. The molecule has 0 aliphatic carbocycles. The van der Waals surface area contributed by atoms with E-state index in [4.69, 9.17) is 1.37 Å². The number of aromatic nitrogens is 1. The van der Waals surface area contributed by atoms with Crippen LogP contribution in [0.5, 0.6) is 0 Å². The van der Waals surface area contributed by atoms with Crippen LogP contribution in [0.15, 0.2) is 60.8 Å². The van der Waals surface area contributed by atoms with Gasteiger partial charge < -0.3 is 20.3 Å². The minimum absolute atomic E-state index is 0. The molecule has 7 nitrogen and oxygen atoms in total. The maximum Gasteiger partial charge on any atom is 0.252 e. The van der Waals surface area contributed by atoms with Gasteiger partial charge in [-0.25, -0.2) is 0 Å². The molecule has 36 heavy (non-hydrogen) atoms. The molecular weight excluding hydrogens is 476 g/mol. The largest absolute Gasteiger partial charge is 0.391 e. The summed E-state index contributed by atoms with van der Waals surface area (Å²) in [5.41, 5.74) is 1.92. The van der Waals surface area contributed by atoms with Crippen molar-refractivity contribution in [2.75, 3.05) is 26.2 Å². The molecule has 3 heterocycles. The summed E-state index contributed by atoms with van der Waals surface area (Å²) in [7, 11) is 0. The third-order valence-corrected chi connectivity index (χ3v) is 7.67. The number of aliphatic hydroxyl groups is 1. The SMILES string of the molecule is Cl.[2H]c1cc2ccc(C(=O)NC(C(=O)N3CCC(CN4CCC(O)[C@H]4C)CC3)c3ccccc3)cc2[nH]1. The molecule has 0 spiro atoms. The van der Waals surface area contributed by atoms with Crippen LogP contribution >= 0.6 is 12.4 Å². The Morgan fingerprint density at radius 1 is 1.11 bits per heavy atom. The molecular formula is C28H35ClN4O3. The second-order valence-electron chi connectivity index (χ2n) is 9.89. The van der Waals surface area contributed by atoms with E-state index in [2.05, 4.69) is 22.1 Å². The number of likely N-dealkylation sites (tertiary alicyclic amines) is 2. The summed E-state index contributed by atoms with van der Waals surface area (Å²) in [6.45, 7) is 5.30. The molecule has 2 aliphatic rings. The van der Waals surface area contributed by atoms with Crippen LogP contribution < -0.4 is 5.32 Å². The third-order valence-electron chi connectivity index (χ3n) is 7.67. The molecule has 2 saturated heterocycles. The van der Waals surface area contributed by atoms with Crippen LogP contribution in [0.1, 0.15) is 49.5 Å². The second kappa shape index (κ2) is 11.5. The fourth-order valence-electron chi connectivity index (χ4n) is 5.36. The highest BCUT2D eigenvalue weighted by atomic mass is 35.5. The molecule has 0 saturated carbocycles. The molecule has 2 aliphatic heterocycles. The Morgan fingerprint density at radius 3 is 2.56 bits per heavy atom. The van der Waals surface area contributed by atoms with Crippen LogP contribution in [0.2, 0.25) is 0 Å². The van der Waals surface area contributed by atoms with E-state index in [9.17, 15) is 14.7 Å². The predicted octanol–water partition coefficient (Wildman–Crippen LogP) is 3.75. The maximum absolute atomic E-state index is 13.7. The average Bonchev–Trinajstić information content (AvgIpc) is 3.43. The predicted molar refractivity (Wildman–Crippen MR) is 143 cm³/mol. The first-order chi connectivity index (χ1) is 17.4. The Kier molecular flexibility index (Phi) is 7.90. The van der Waals surface area contributed by atoms with Crippen molar-refractivity contribution in [2.24, 2.45) is 5.92 Å². The van der Waals surface area contributed by atoms with E-state index in [0.717, 1.165) is 48.8 Å². The molecule has 3 aromatic rings. The summed E-state index contributed by atoms with van der Waals surface area (Å²) in [6.07, 6.45) is 2.71. The van der Waals surface area contributed by atoms with Crippen LogP contribution in [0.3, 0.4) is 0 Å². The van der Waals surface area contributed by atoms with Crippen LogP contribution in [-0.2, 0) is 4.79 Å². The zero-order valence-corrected chi connectivity index (χ0v) is 21.3. The summed E-state index contributed by atoms with van der Waals surface area (Å²) >= 11 is 0. The van der Waals surface area contributed by atoms with E-state index < -0.39 is 6.04 Å². The minimum Gasteiger partial charge on any atom is -0.391 e. The van der Waals surface area contributed by atoms with Gasteiger partial charge in [0.15, 0.2) is 0 Å². The number of hydrogen-bond acceptors (Lipinski definition) is 4. The number of nitrogens with one attached hydrogen (secondary N) is 2. The van der Waals surface area contributed by atoms with Crippen LogP contribution in [0.25, 0.3) is 10.9 Å². The highest BCUT2D eigenvalue weighted by molar-refractivity contribution is 6.00. The van der Waals surface area contributed by atoms with E-state index in [1.807, 2.05) is 41.3 Å². The number of hydrogen-bond donors (Lipinski definition) is 3. The molecule has 0 radical (unpaired) electrons. The van der Waals surface area contributed by atoms with Gasteiger partial charge in [0.05, 0.1) is 7.47 Å². The molecule has 3 atom stereocenters. The van der Waals surface area contributed by atoms with Gasteiger partial charge in [-0.3, -0.25) is 14.5 Å². The molecule has 0 bridgehead atoms. The van der Waals surface area contributed by atoms with Gasteiger partial charge in [-0.15, -0.1) is 12.4 Å². The summed E-state index contributed by atoms with van der Waals surface area (Å²) in [4.78, 5) is 34.0. The third kappa shape index (κ3) is 5.59. The van der Waals surface area contributed by atoms with Gasteiger partial charge in [0.1, 0.15) is 6.04 Å². The van der Waals surface area contributed by atoms with E-state index in [0.29, 0.717) is 30.7 Å². The lowest BCUT2D eigenvalue weighted by Gasteiger charge is -2.36. The number of amides is 2. The zero-order chi connectivity index (χ0) is 25.2. The van der Waals surface area contributed by atoms with Gasteiger partial charge in [0, 0.05) is 49.5 Å². The van der Waals surface area contributed by atoms with E-state index >= 15 is 0 Å². The van der Waals surface area contributed by atoms with Crippen molar-refractivity contribution in [3.8, 4) is 0 Å². The summed E-state index contributed by atoms with van der Waals surface area (Å²) < 4.78 is 7.77. The maximum atomic E-state index is 13.7. The second-order valence-corrected chi connectivity index (χ2v) is 9.89. The molecule has 5 rings (SSSR count). The van der Waals surface area contributed by atoms with E-state index in [-0.39, 0.29) is 36.4 Å². The Balaban J connectivity index is 0.00000320. The molecule has 3 N–H and O–H groups in total. The van der Waals surface area contributed by atoms with Crippen molar-refractivity contribution >= 4 is 35.1 Å². The number of fused-ring (bicyclic) bond motifs is 1. The normalized spacial score (nSPS) is 22.2. The summed E-state index contributed by atoms with van der Waals surface area (Å²) in [6, 6.07) is 15.8. The van der Waals surface area contributed by atoms with E-state index in [1.165, 1.54) is 0 Å². The first-order valence-electron chi connectivity index (χ1n) is 13.0. The van der Waals surface area contributed by atoms with Crippen molar-refractivity contribution in [3.63, 3.8) is 0 Å². The topological polar surface area (TPSA) is 88.7 Å². The van der Waals surface area contributed by atoms with Gasteiger partial charge >= 0.3 is 0 Å². The fraction of sp³-hybridized carbons (Fsp3) is 0.429. The number of piperidine rings is 1. The first-order valence-corrected chi connectivity index (χ1v) is 12.5. The molecule has 2 fully saturated rings. The number of benzene rings is 2. The van der Waals surface area contributed by atoms with E-state index in [1.54, 1.807) is 18.2 Å². The van der Waals surface area contributed by atoms with Crippen LogP contribution in [-0.4, -0.2) is 70.0 Å². The lowest BCUT2D eigenvalue weighted by atomic mass is 9.94. The van der Waals surface area contributed by atoms with Crippen molar-refractivity contribution in [1.29, 1.82) is 0 Å². The zero-order valence-electron chi connectivity index (χ0n) is 21.5. The lowest BCUT2D eigenvalue weighted by molar-refractivity contribution is -0.135. The lowest BCUT2D eigenvalue weighted by Crippen LogP contribution is -2.47. The smallest absolute Gasteiger partial charge is 0.252 e. The molecule has 2 amide bonds. The number of carbonyl (C=O) groups is 2. The number of halogens is 1. The number of H-pyrrole nitrogens is 1. The van der Waals surface area contributed by atoms with Gasteiger partial charge in [-0.05, 0) is 61.3 Å². The van der Waals surface area contributed by atoms with Crippen molar-refractivity contribution in [1.82, 2.24) is 20.1 Å². The molecule has 2 aromatic carbocycles. The van der Waals surface area contributed by atoms with Crippen LogP contribution in [0, 0.1) is 5.92 Å². The minimum atomic E-state index is -0.768. The fourth-order valence-corrected chi connectivity index (χ4v) is 5.36. The van der Waals surface area contributed by atoms with Crippen molar-refractivity contribution in [3.05, 3.63) is 71.9 Å². The average molecular weight is 512 g/mol. The van der Waals surface area contributed by atoms with Gasteiger partial charge in [0.25, 0.3) is 5.91 Å². The Hall–Kier alpha value is -2.87. The first kappa shape index (κ1) is 24.8. The van der Waals surface area contributed by atoms with Crippen LogP contribution in [0.4, 0.5) is 0 Å². The summed E-state index contributed by atoms with van der Waals surface area (Å²) in [5, 5.41) is 13.9. The quantitative estimate of drug-likeness (QED) is 0.470. The molecule has 1 aromatic heterocycles. The molecule has 8 heteroatoms. The van der Waals surface area contributed by atoms with Gasteiger partial charge in [-0.1, -0.05) is 36.4 Å². The molecule has 2 unspecified atom stereocenters. The Bertz CT molecular complexity index is 1230.